The highest BCUT2D eigenvalue weighted by molar-refractivity contribution is 5.93. The van der Waals surface area contributed by atoms with Gasteiger partial charge in [-0.25, -0.2) is 0 Å². The molecule has 0 saturated heterocycles. The van der Waals surface area contributed by atoms with Gasteiger partial charge in [-0.15, -0.1) is 10.2 Å². The minimum absolute atomic E-state index is 0.0911. The first kappa shape index (κ1) is 11.9. The van der Waals surface area contributed by atoms with Crippen LogP contribution in [0.1, 0.15) is 21.7 Å². The second-order valence-corrected chi connectivity index (χ2v) is 4.92. The Balaban J connectivity index is 1.70. The molecular formula is C13H12N6O2. The number of fused-ring (bicyclic) bond motifs is 2. The first-order valence-corrected chi connectivity index (χ1v) is 6.55. The second-order valence-electron chi connectivity index (χ2n) is 4.92. The molecule has 106 valence electrons. The van der Waals surface area contributed by atoms with Gasteiger partial charge in [-0.2, -0.15) is 0 Å². The lowest BCUT2D eigenvalue weighted by Crippen LogP contribution is -2.36. The molecule has 1 amide bonds. The number of amides is 1. The van der Waals surface area contributed by atoms with E-state index >= 15 is 0 Å². The molecule has 0 saturated carbocycles. The molecule has 8 heteroatoms. The maximum absolute atomic E-state index is 12.7. The van der Waals surface area contributed by atoms with Crippen LogP contribution in [-0.2, 0) is 13.0 Å². The second kappa shape index (κ2) is 4.30. The van der Waals surface area contributed by atoms with Gasteiger partial charge in [-0.05, 0) is 12.1 Å². The van der Waals surface area contributed by atoms with E-state index in [0.717, 1.165) is 11.3 Å². The summed E-state index contributed by atoms with van der Waals surface area (Å²) in [5.41, 5.74) is 8.54. The smallest absolute Gasteiger partial charge is 0.271 e. The molecule has 0 aromatic carbocycles. The van der Waals surface area contributed by atoms with E-state index in [1.165, 1.54) is 6.33 Å². The van der Waals surface area contributed by atoms with Crippen molar-refractivity contribution >= 4 is 17.4 Å². The average molecular weight is 284 g/mol. The third kappa shape index (κ3) is 1.76. The molecule has 21 heavy (non-hydrogen) atoms. The van der Waals surface area contributed by atoms with Gasteiger partial charge in [-0.3, -0.25) is 9.20 Å². The van der Waals surface area contributed by atoms with Crippen LogP contribution in [0.2, 0.25) is 0 Å². The Bertz CT molecular complexity index is 836. The van der Waals surface area contributed by atoms with E-state index in [-0.39, 0.29) is 11.8 Å². The zero-order valence-corrected chi connectivity index (χ0v) is 11.1. The van der Waals surface area contributed by atoms with Crippen molar-refractivity contribution in [1.82, 2.24) is 24.7 Å². The largest absolute Gasteiger partial charge is 0.367 e. The number of rotatable bonds is 1. The highest BCUT2D eigenvalue weighted by atomic mass is 16.5. The molecule has 3 aromatic heterocycles. The zero-order valence-electron chi connectivity index (χ0n) is 11.1. The van der Waals surface area contributed by atoms with E-state index in [1.54, 1.807) is 27.5 Å². The number of anilines is 1. The summed E-state index contributed by atoms with van der Waals surface area (Å²) in [6, 6.07) is 5.35. The van der Waals surface area contributed by atoms with Crippen molar-refractivity contribution in [2.75, 3.05) is 12.3 Å². The number of pyridine rings is 1. The van der Waals surface area contributed by atoms with Crippen molar-refractivity contribution in [3.8, 4) is 0 Å². The standard InChI is InChI=1S/C13H12N6O2/c14-12-8-6-18(5-4-9(8)17-21-12)13(20)10-2-1-3-11-16-15-7-19(10)11/h1-3,7H,4-6,14H2. The molecule has 0 bridgehead atoms. The predicted octanol–water partition coefficient (Wildman–Crippen LogP) is 0.498. The quantitative estimate of drug-likeness (QED) is 0.698. The molecule has 0 atom stereocenters. The van der Waals surface area contributed by atoms with Crippen LogP contribution in [0, 0.1) is 0 Å². The van der Waals surface area contributed by atoms with Crippen LogP contribution in [0.5, 0.6) is 0 Å². The van der Waals surface area contributed by atoms with Crippen molar-refractivity contribution in [3.05, 3.63) is 41.5 Å². The van der Waals surface area contributed by atoms with Crippen LogP contribution < -0.4 is 5.73 Å². The summed E-state index contributed by atoms with van der Waals surface area (Å²) >= 11 is 0. The SMILES string of the molecule is Nc1onc2c1CN(C(=O)c1cccc3nncn13)CC2. The Morgan fingerprint density at radius 2 is 2.29 bits per heavy atom. The number of nitrogens with two attached hydrogens (primary N) is 1. The maximum atomic E-state index is 12.7. The third-order valence-corrected chi connectivity index (χ3v) is 3.71. The van der Waals surface area contributed by atoms with Gasteiger partial charge in [0.05, 0.1) is 17.8 Å². The molecule has 0 radical (unpaired) electrons. The van der Waals surface area contributed by atoms with Crippen LogP contribution in [0.3, 0.4) is 0 Å². The van der Waals surface area contributed by atoms with Crippen LogP contribution in [0.4, 0.5) is 5.88 Å². The average Bonchev–Trinajstić information content (AvgIpc) is 3.13. The van der Waals surface area contributed by atoms with E-state index < -0.39 is 0 Å². The van der Waals surface area contributed by atoms with Crippen molar-refractivity contribution < 1.29 is 9.32 Å². The summed E-state index contributed by atoms with van der Waals surface area (Å²) in [5.74, 6) is 0.191. The lowest BCUT2D eigenvalue weighted by molar-refractivity contribution is 0.0727. The van der Waals surface area contributed by atoms with Gasteiger partial charge in [0.1, 0.15) is 12.0 Å². The highest BCUT2D eigenvalue weighted by Gasteiger charge is 2.27. The molecule has 0 unspecified atom stereocenters. The first-order chi connectivity index (χ1) is 10.2. The molecule has 4 heterocycles. The molecule has 0 fully saturated rings. The van der Waals surface area contributed by atoms with Crippen molar-refractivity contribution in [2.24, 2.45) is 0 Å². The number of hydrogen-bond acceptors (Lipinski definition) is 6. The topological polar surface area (TPSA) is 103 Å². The van der Waals surface area contributed by atoms with E-state index in [1.807, 2.05) is 0 Å². The first-order valence-electron chi connectivity index (χ1n) is 6.55. The summed E-state index contributed by atoms with van der Waals surface area (Å²) in [6.07, 6.45) is 2.17. The zero-order chi connectivity index (χ0) is 14.4. The molecule has 3 aromatic rings. The minimum Gasteiger partial charge on any atom is -0.367 e. The molecule has 1 aliphatic rings. The number of aromatic nitrogens is 4. The van der Waals surface area contributed by atoms with Gasteiger partial charge < -0.3 is 15.2 Å². The number of nitrogens with zero attached hydrogens (tertiary/aromatic N) is 5. The lowest BCUT2D eigenvalue weighted by atomic mass is 10.1. The van der Waals surface area contributed by atoms with E-state index in [4.69, 9.17) is 10.3 Å². The van der Waals surface area contributed by atoms with Crippen molar-refractivity contribution in [3.63, 3.8) is 0 Å². The Labute approximate surface area is 119 Å². The summed E-state index contributed by atoms with van der Waals surface area (Å²) in [5, 5.41) is 11.7. The monoisotopic (exact) mass is 284 g/mol. The normalized spacial score (nSPS) is 14.4. The molecular weight excluding hydrogens is 272 g/mol. The van der Waals surface area contributed by atoms with E-state index in [9.17, 15) is 4.79 Å². The number of carbonyl (C=O) groups is 1. The molecule has 2 N–H and O–H groups in total. The van der Waals surface area contributed by atoms with Crippen LogP contribution >= 0.6 is 0 Å². The van der Waals surface area contributed by atoms with Gasteiger partial charge in [0.15, 0.2) is 5.65 Å². The van der Waals surface area contributed by atoms with Gasteiger partial charge in [0.2, 0.25) is 5.88 Å². The maximum Gasteiger partial charge on any atom is 0.271 e. The molecule has 4 rings (SSSR count). The van der Waals surface area contributed by atoms with Crippen LogP contribution in [-0.4, -0.2) is 37.1 Å². The fourth-order valence-corrected chi connectivity index (χ4v) is 2.59. The Kier molecular flexibility index (Phi) is 2.44. The Hall–Kier alpha value is -2.90. The van der Waals surface area contributed by atoms with Gasteiger partial charge in [0, 0.05) is 13.0 Å². The fourth-order valence-electron chi connectivity index (χ4n) is 2.59. The Morgan fingerprint density at radius 1 is 1.38 bits per heavy atom. The molecule has 8 nitrogen and oxygen atoms in total. The van der Waals surface area contributed by atoms with Crippen molar-refractivity contribution in [1.29, 1.82) is 0 Å². The third-order valence-electron chi connectivity index (χ3n) is 3.71. The summed E-state index contributed by atoms with van der Waals surface area (Å²) in [4.78, 5) is 14.4. The molecule has 1 aliphatic heterocycles. The Morgan fingerprint density at radius 3 is 3.19 bits per heavy atom. The fraction of sp³-hybridized carbons (Fsp3) is 0.231. The summed E-state index contributed by atoms with van der Waals surface area (Å²) in [7, 11) is 0. The predicted molar refractivity (Wildman–Crippen MR) is 72.3 cm³/mol. The van der Waals surface area contributed by atoms with Gasteiger partial charge >= 0.3 is 0 Å². The van der Waals surface area contributed by atoms with Gasteiger partial charge in [0.25, 0.3) is 5.91 Å². The van der Waals surface area contributed by atoms with Crippen molar-refractivity contribution in [2.45, 2.75) is 13.0 Å². The number of carbonyl (C=O) groups excluding carboxylic acids is 1. The van der Waals surface area contributed by atoms with E-state index in [2.05, 4.69) is 15.4 Å². The number of nitrogen functional groups attached to an aromatic ring is 1. The molecule has 0 aliphatic carbocycles. The highest BCUT2D eigenvalue weighted by Crippen LogP contribution is 2.24. The van der Waals surface area contributed by atoms with Gasteiger partial charge in [-0.1, -0.05) is 11.2 Å². The lowest BCUT2D eigenvalue weighted by Gasteiger charge is -2.26. The van der Waals surface area contributed by atoms with Crippen LogP contribution in [0.15, 0.2) is 29.0 Å². The minimum atomic E-state index is -0.0911. The summed E-state index contributed by atoms with van der Waals surface area (Å²) < 4.78 is 6.65. The number of hydrogen-bond donors (Lipinski definition) is 1. The van der Waals surface area contributed by atoms with E-state index in [0.29, 0.717) is 30.9 Å². The van der Waals surface area contributed by atoms with Crippen LogP contribution in [0.25, 0.3) is 5.65 Å². The molecule has 0 spiro atoms. The summed E-state index contributed by atoms with van der Waals surface area (Å²) in [6.45, 7) is 0.984.